The fourth-order valence-corrected chi connectivity index (χ4v) is 5.77. The molecule has 2 bridgehead atoms. The van der Waals surface area contributed by atoms with Gasteiger partial charge in [0.2, 0.25) is 11.8 Å². The average molecular weight is 609 g/mol. The molecule has 1 heterocycles. The molecule has 2 atom stereocenters. The van der Waals surface area contributed by atoms with Gasteiger partial charge in [-0.2, -0.15) is 0 Å². The van der Waals surface area contributed by atoms with E-state index >= 15 is 4.39 Å². The largest absolute Gasteiger partial charge is 0.460 e. The average Bonchev–Trinajstić information content (AvgIpc) is 2.99. The maximum absolute atomic E-state index is 15.1. The van der Waals surface area contributed by atoms with E-state index in [1.807, 2.05) is 30.3 Å². The van der Waals surface area contributed by atoms with Crippen LogP contribution in [0.4, 0.5) is 21.5 Å². The molecule has 3 aromatic rings. The maximum Gasteiger partial charge on any atom is 0.293 e. The molecule has 10 heteroatoms. The van der Waals surface area contributed by atoms with Crippen LogP contribution in [0.1, 0.15) is 61.7 Å². The van der Waals surface area contributed by atoms with Crippen LogP contribution in [-0.2, 0) is 19.1 Å². The van der Waals surface area contributed by atoms with Crippen LogP contribution in [-0.4, -0.2) is 50.9 Å². The number of halogens is 2. The second kappa shape index (κ2) is 14.9. The van der Waals surface area contributed by atoms with Gasteiger partial charge in [0, 0.05) is 61.6 Å². The van der Waals surface area contributed by atoms with Gasteiger partial charge in [0.1, 0.15) is 11.9 Å². The third kappa shape index (κ3) is 8.04. The van der Waals surface area contributed by atoms with Crippen LogP contribution < -0.4 is 16.0 Å². The normalized spacial score (nSPS) is 15.6. The SMILES string of the molecule is CNc1ccc2c(c1)NC(=O)CCCCC(C(=O)N(C)CCCC(OC=O)c1cc(Cl)ccc1NC)c1cc(F)cc-2c1. The van der Waals surface area contributed by atoms with Gasteiger partial charge in [-0.15, -0.1) is 0 Å². The first kappa shape index (κ1) is 31.8. The van der Waals surface area contributed by atoms with E-state index in [1.165, 1.54) is 12.1 Å². The Kier molecular flexibility index (Phi) is 11.0. The zero-order valence-electron chi connectivity index (χ0n) is 24.7. The number of rotatable bonds is 10. The molecule has 0 spiro atoms. The molecule has 2 unspecified atom stereocenters. The Labute approximate surface area is 256 Å². The zero-order chi connectivity index (χ0) is 30.9. The molecule has 0 fully saturated rings. The summed E-state index contributed by atoms with van der Waals surface area (Å²) >= 11 is 6.21. The molecule has 0 aliphatic carbocycles. The van der Waals surface area contributed by atoms with E-state index < -0.39 is 17.8 Å². The van der Waals surface area contributed by atoms with Crippen molar-refractivity contribution in [3.05, 3.63) is 76.6 Å². The highest BCUT2D eigenvalue weighted by molar-refractivity contribution is 6.30. The molecule has 4 rings (SSSR count). The van der Waals surface area contributed by atoms with Gasteiger partial charge in [0.25, 0.3) is 6.47 Å². The Balaban J connectivity index is 1.56. The quantitative estimate of drug-likeness (QED) is 0.215. The van der Waals surface area contributed by atoms with Gasteiger partial charge < -0.3 is 25.6 Å². The molecule has 8 nitrogen and oxygen atoms in total. The number of nitrogens with zero attached hydrogens (tertiary/aromatic N) is 1. The van der Waals surface area contributed by atoms with E-state index in [9.17, 15) is 14.4 Å². The van der Waals surface area contributed by atoms with Gasteiger partial charge in [-0.05, 0) is 79.3 Å². The molecule has 0 saturated carbocycles. The van der Waals surface area contributed by atoms with Crippen molar-refractivity contribution in [3.63, 3.8) is 0 Å². The third-order valence-electron chi connectivity index (χ3n) is 7.85. The molecule has 0 saturated heterocycles. The Hall–Kier alpha value is -4.11. The third-order valence-corrected chi connectivity index (χ3v) is 8.08. The zero-order valence-corrected chi connectivity index (χ0v) is 25.5. The molecule has 2 amide bonds. The minimum Gasteiger partial charge on any atom is -0.460 e. The topological polar surface area (TPSA) is 99.8 Å². The fourth-order valence-electron chi connectivity index (χ4n) is 5.58. The molecule has 228 valence electrons. The summed E-state index contributed by atoms with van der Waals surface area (Å²) in [4.78, 5) is 39.5. The van der Waals surface area contributed by atoms with Gasteiger partial charge in [-0.3, -0.25) is 14.4 Å². The molecule has 1 aliphatic rings. The Morgan fingerprint density at radius 1 is 1.14 bits per heavy atom. The summed E-state index contributed by atoms with van der Waals surface area (Å²) in [6, 6.07) is 15.6. The highest BCUT2D eigenvalue weighted by Crippen LogP contribution is 2.36. The van der Waals surface area contributed by atoms with E-state index in [0.717, 1.165) is 16.9 Å². The van der Waals surface area contributed by atoms with Crippen molar-refractivity contribution in [2.45, 2.75) is 50.5 Å². The highest BCUT2D eigenvalue weighted by Gasteiger charge is 2.26. The van der Waals surface area contributed by atoms with Gasteiger partial charge in [-0.25, -0.2) is 4.39 Å². The molecule has 43 heavy (non-hydrogen) atoms. The fraction of sp³-hybridized carbons (Fsp3) is 0.364. The number of hydrogen-bond donors (Lipinski definition) is 3. The number of fused-ring (bicyclic) bond motifs is 4. The van der Waals surface area contributed by atoms with Crippen LogP contribution in [0, 0.1) is 5.82 Å². The van der Waals surface area contributed by atoms with E-state index in [0.29, 0.717) is 78.9 Å². The number of anilines is 3. The second-order valence-electron chi connectivity index (χ2n) is 10.7. The summed E-state index contributed by atoms with van der Waals surface area (Å²) in [5, 5.41) is 9.67. The van der Waals surface area contributed by atoms with Crippen molar-refractivity contribution in [2.24, 2.45) is 0 Å². The van der Waals surface area contributed by atoms with Crippen LogP contribution in [0.3, 0.4) is 0 Å². The van der Waals surface area contributed by atoms with Crippen LogP contribution in [0.5, 0.6) is 0 Å². The molecule has 1 aliphatic heterocycles. The first-order valence-electron chi connectivity index (χ1n) is 14.5. The molecule has 0 aromatic heterocycles. The van der Waals surface area contributed by atoms with Crippen molar-refractivity contribution < 1.29 is 23.5 Å². The lowest BCUT2D eigenvalue weighted by Gasteiger charge is -2.26. The number of amides is 2. The lowest BCUT2D eigenvalue weighted by Crippen LogP contribution is -2.33. The Morgan fingerprint density at radius 3 is 2.70 bits per heavy atom. The second-order valence-corrected chi connectivity index (χ2v) is 11.2. The van der Waals surface area contributed by atoms with Crippen LogP contribution >= 0.6 is 11.6 Å². The number of carbonyl (C=O) groups is 3. The predicted molar refractivity (Wildman–Crippen MR) is 169 cm³/mol. The highest BCUT2D eigenvalue weighted by atomic mass is 35.5. The van der Waals surface area contributed by atoms with Gasteiger partial charge in [0.05, 0.1) is 11.6 Å². The predicted octanol–water partition coefficient (Wildman–Crippen LogP) is 6.98. The minimum absolute atomic E-state index is 0.125. The number of benzene rings is 3. The van der Waals surface area contributed by atoms with Gasteiger partial charge in [0.15, 0.2) is 0 Å². The van der Waals surface area contributed by atoms with Gasteiger partial charge >= 0.3 is 0 Å². The van der Waals surface area contributed by atoms with E-state index in [1.54, 1.807) is 38.2 Å². The monoisotopic (exact) mass is 608 g/mol. The Morgan fingerprint density at radius 2 is 1.95 bits per heavy atom. The minimum atomic E-state index is -0.576. The number of ether oxygens (including phenoxy) is 1. The number of nitrogens with one attached hydrogen (secondary N) is 3. The van der Waals surface area contributed by atoms with Gasteiger partial charge in [-0.1, -0.05) is 30.2 Å². The van der Waals surface area contributed by atoms with Crippen molar-refractivity contribution in [2.75, 3.05) is 43.6 Å². The summed E-state index contributed by atoms with van der Waals surface area (Å²) in [6.07, 6.45) is 2.52. The molecule has 3 aromatic carbocycles. The molecular weight excluding hydrogens is 571 g/mol. The van der Waals surface area contributed by atoms with Crippen molar-refractivity contribution in [1.29, 1.82) is 0 Å². The van der Waals surface area contributed by atoms with Crippen LogP contribution in [0.15, 0.2) is 54.6 Å². The lowest BCUT2D eigenvalue weighted by molar-refractivity contribution is -0.135. The van der Waals surface area contributed by atoms with Crippen molar-refractivity contribution in [3.8, 4) is 11.1 Å². The smallest absolute Gasteiger partial charge is 0.293 e. The number of hydrogen-bond acceptors (Lipinski definition) is 6. The summed E-state index contributed by atoms with van der Waals surface area (Å²) in [7, 11) is 5.30. The van der Waals surface area contributed by atoms with E-state index in [2.05, 4.69) is 16.0 Å². The van der Waals surface area contributed by atoms with Crippen molar-refractivity contribution >= 4 is 46.9 Å². The number of carbonyl (C=O) groups excluding carboxylic acids is 3. The first-order chi connectivity index (χ1) is 20.7. The lowest BCUT2D eigenvalue weighted by atomic mass is 9.88. The summed E-state index contributed by atoms with van der Waals surface area (Å²) in [5.74, 6) is -1.28. The van der Waals surface area contributed by atoms with Crippen LogP contribution in [0.25, 0.3) is 11.1 Å². The van der Waals surface area contributed by atoms with Crippen molar-refractivity contribution in [1.82, 2.24) is 4.90 Å². The number of likely N-dealkylation sites (N-methyl/N-ethyl adjacent to an activating group) is 1. The van der Waals surface area contributed by atoms with E-state index in [4.69, 9.17) is 16.3 Å². The summed E-state index contributed by atoms with van der Waals surface area (Å²) < 4.78 is 20.5. The first-order valence-corrected chi connectivity index (χ1v) is 14.9. The Bertz CT molecular complexity index is 1470. The maximum atomic E-state index is 15.1. The molecule has 0 radical (unpaired) electrons. The summed E-state index contributed by atoms with van der Waals surface area (Å²) in [6.45, 7) is 0.827. The molecule has 3 N–H and O–H groups in total. The van der Waals surface area contributed by atoms with Crippen LogP contribution in [0.2, 0.25) is 5.02 Å². The standard InChI is InChI=1S/C33H38ClFN4O4/c1-36-25-11-12-26-21-15-22(17-24(35)16-21)27(7-4-5-9-32(41)38-30(26)19-25)33(42)39(3)14-6-8-31(43-20-40)28-18-23(34)10-13-29(28)37-2/h10-13,15-20,27,31,36-37H,4-9,14H2,1-3H3,(H,38,41). The molecular formula is C33H38ClFN4O4. The summed E-state index contributed by atoms with van der Waals surface area (Å²) in [5.41, 5.74) is 4.82. The van der Waals surface area contributed by atoms with E-state index in [-0.39, 0.29) is 11.8 Å².